The van der Waals surface area contributed by atoms with Crippen LogP contribution in [0.4, 0.5) is 17.1 Å². The van der Waals surface area contributed by atoms with E-state index in [-0.39, 0.29) is 17.1 Å². The van der Waals surface area contributed by atoms with E-state index in [0.29, 0.717) is 5.71 Å². The molecule has 0 saturated heterocycles. The van der Waals surface area contributed by atoms with Crippen LogP contribution >= 0.6 is 0 Å². The molecule has 2 aromatic carbocycles. The van der Waals surface area contributed by atoms with E-state index in [2.05, 4.69) is 10.5 Å². The van der Waals surface area contributed by atoms with Gasteiger partial charge in [-0.1, -0.05) is 42.5 Å². The Hall–Kier alpha value is -2.85. The van der Waals surface area contributed by atoms with Crippen molar-refractivity contribution < 1.29 is 20.9 Å². The Kier molecular flexibility index (Phi) is 7.38. The molecule has 142 valence electrons. The van der Waals surface area contributed by atoms with Gasteiger partial charge in [0.25, 0.3) is 0 Å². The molecule has 0 heterocycles. The highest BCUT2D eigenvalue weighted by Gasteiger charge is 2.13. The van der Waals surface area contributed by atoms with Crippen LogP contribution in [0.5, 0.6) is 0 Å². The highest BCUT2D eigenvalue weighted by atomic mass is 16.8. The number of rotatable bonds is 7. The first-order chi connectivity index (χ1) is 12.9. The summed E-state index contributed by atoms with van der Waals surface area (Å²) in [6, 6.07) is 13.7. The molecule has 0 saturated carbocycles. The lowest BCUT2D eigenvalue weighted by molar-refractivity contribution is -0.996. The van der Waals surface area contributed by atoms with Gasteiger partial charge in [0, 0.05) is 6.07 Å². The zero-order valence-electron chi connectivity index (χ0n) is 15.0. The molecular formula is C19H22N4O4. The molecule has 0 aliphatic rings. The summed E-state index contributed by atoms with van der Waals surface area (Å²) in [5.74, 6) is 0. The van der Waals surface area contributed by atoms with Gasteiger partial charge in [-0.3, -0.25) is 5.43 Å². The van der Waals surface area contributed by atoms with Crippen molar-refractivity contribution in [1.29, 1.82) is 0 Å². The normalized spacial score (nSPS) is 15.0. The van der Waals surface area contributed by atoms with E-state index in [1.165, 1.54) is 12.1 Å². The molecule has 0 radical (unpaired) electrons. The van der Waals surface area contributed by atoms with E-state index >= 15 is 0 Å². The maximum atomic E-state index is 11.3. The average molecular weight is 370 g/mol. The standard InChI is InChI=1S/C19H22N4O4/c1-14(8-9-16-6-4-3-5-7-16)12-15(2)20-21-18-11-10-17(22(24)25)13-19(18)23(26)27/h3-13,21-24,26H,1-2H3. The van der Waals surface area contributed by atoms with Crippen LogP contribution in [0.25, 0.3) is 6.08 Å². The van der Waals surface area contributed by atoms with Gasteiger partial charge in [0.2, 0.25) is 0 Å². The van der Waals surface area contributed by atoms with Gasteiger partial charge < -0.3 is 10.4 Å². The van der Waals surface area contributed by atoms with Gasteiger partial charge in [0.15, 0.2) is 11.4 Å². The summed E-state index contributed by atoms with van der Waals surface area (Å²) in [6.45, 7) is 3.71. The number of allylic oxidation sites excluding steroid dienone is 3. The number of nitrogens with one attached hydrogen (secondary N) is 3. The number of quaternary nitrogens is 2. The number of hydrazone groups is 1. The molecule has 2 atom stereocenters. The van der Waals surface area contributed by atoms with Gasteiger partial charge in [-0.2, -0.15) is 15.6 Å². The summed E-state index contributed by atoms with van der Waals surface area (Å²) in [5.41, 5.74) is 5.35. The number of nitrogens with zero attached hydrogens (tertiary/aromatic N) is 1. The van der Waals surface area contributed by atoms with E-state index in [1.807, 2.05) is 55.5 Å². The predicted octanol–water partition coefficient (Wildman–Crippen LogP) is 1.94. The molecule has 0 fully saturated rings. The van der Waals surface area contributed by atoms with Crippen molar-refractivity contribution in [1.82, 2.24) is 0 Å². The lowest BCUT2D eigenvalue weighted by atomic mass is 10.1. The highest BCUT2D eigenvalue weighted by molar-refractivity contribution is 5.94. The van der Waals surface area contributed by atoms with Crippen LogP contribution in [-0.4, -0.2) is 16.1 Å². The van der Waals surface area contributed by atoms with E-state index in [4.69, 9.17) is 5.21 Å². The third kappa shape index (κ3) is 6.42. The fourth-order valence-corrected chi connectivity index (χ4v) is 2.30. The quantitative estimate of drug-likeness (QED) is 0.290. The molecular weight excluding hydrogens is 348 g/mol. The van der Waals surface area contributed by atoms with Gasteiger partial charge in [-0.25, -0.2) is 10.4 Å². The second kappa shape index (κ2) is 9.74. The summed E-state index contributed by atoms with van der Waals surface area (Å²) in [6.07, 6.45) is 5.79. The zero-order chi connectivity index (χ0) is 19.8. The average Bonchev–Trinajstić information content (AvgIpc) is 2.65. The van der Waals surface area contributed by atoms with Gasteiger partial charge >= 0.3 is 0 Å². The van der Waals surface area contributed by atoms with Gasteiger partial charge in [-0.15, -0.1) is 0 Å². The Morgan fingerprint density at radius 1 is 1.04 bits per heavy atom. The molecule has 0 aromatic heterocycles. The zero-order valence-corrected chi connectivity index (χ0v) is 15.0. The lowest BCUT2D eigenvalue weighted by Crippen LogP contribution is -3.00. The van der Waals surface area contributed by atoms with Crippen LogP contribution in [0.15, 0.2) is 71.4 Å². The molecule has 0 aliphatic carbocycles. The van der Waals surface area contributed by atoms with E-state index in [1.54, 1.807) is 6.92 Å². The SMILES string of the molecule is CC(C=Cc1ccccc1)=CC(C)=NNc1ccc([NH+]([O-])O)cc1[NH+]([O-])O. The van der Waals surface area contributed by atoms with Crippen LogP contribution in [0.2, 0.25) is 0 Å². The summed E-state index contributed by atoms with van der Waals surface area (Å²) < 4.78 is 0. The minimum atomic E-state index is -1.23. The van der Waals surface area contributed by atoms with Crippen molar-refractivity contribution >= 4 is 28.8 Å². The lowest BCUT2D eigenvalue weighted by Gasteiger charge is -2.18. The van der Waals surface area contributed by atoms with Crippen molar-refractivity contribution in [3.63, 3.8) is 0 Å². The van der Waals surface area contributed by atoms with Crippen molar-refractivity contribution in [3.8, 4) is 0 Å². The molecule has 5 N–H and O–H groups in total. The third-order valence-corrected chi connectivity index (χ3v) is 3.62. The van der Waals surface area contributed by atoms with Crippen molar-refractivity contribution in [2.45, 2.75) is 13.8 Å². The van der Waals surface area contributed by atoms with Crippen molar-refractivity contribution in [2.24, 2.45) is 5.10 Å². The predicted molar refractivity (Wildman–Crippen MR) is 104 cm³/mol. The van der Waals surface area contributed by atoms with Crippen LogP contribution < -0.4 is 15.9 Å². The summed E-state index contributed by atoms with van der Waals surface area (Å²) >= 11 is 0. The van der Waals surface area contributed by atoms with Crippen LogP contribution in [-0.2, 0) is 0 Å². The minimum Gasteiger partial charge on any atom is -0.595 e. The Morgan fingerprint density at radius 2 is 1.74 bits per heavy atom. The molecule has 2 aromatic rings. The maximum absolute atomic E-state index is 11.3. The first kappa shape index (κ1) is 20.5. The third-order valence-electron chi connectivity index (χ3n) is 3.62. The molecule has 8 heteroatoms. The fourth-order valence-electron chi connectivity index (χ4n) is 2.30. The second-order valence-corrected chi connectivity index (χ2v) is 5.87. The maximum Gasteiger partial charge on any atom is 0.195 e. The Labute approximate surface area is 157 Å². The molecule has 0 aliphatic heterocycles. The smallest absolute Gasteiger partial charge is 0.195 e. The topological polar surface area (TPSA) is 120 Å². The van der Waals surface area contributed by atoms with Crippen molar-refractivity contribution in [3.05, 3.63) is 82.2 Å². The minimum absolute atomic E-state index is 0.0968. The van der Waals surface area contributed by atoms with Crippen LogP contribution in [0.3, 0.4) is 0 Å². The highest BCUT2D eigenvalue weighted by Crippen LogP contribution is 2.20. The fraction of sp³-hybridized carbons (Fsp3) is 0.105. The number of hydrogen-bond acceptors (Lipinski definition) is 6. The Bertz CT molecular complexity index is 846. The molecule has 27 heavy (non-hydrogen) atoms. The van der Waals surface area contributed by atoms with E-state index in [0.717, 1.165) is 17.2 Å². The molecule has 8 nitrogen and oxygen atoms in total. The summed E-state index contributed by atoms with van der Waals surface area (Å²) in [5, 5.41) is 42.3. The Morgan fingerprint density at radius 3 is 2.37 bits per heavy atom. The first-order valence-electron chi connectivity index (χ1n) is 8.19. The summed E-state index contributed by atoms with van der Waals surface area (Å²) in [4.78, 5) is 0. The largest absolute Gasteiger partial charge is 0.595 e. The number of hydrogen-bond donors (Lipinski definition) is 5. The monoisotopic (exact) mass is 370 g/mol. The molecule has 2 rings (SSSR count). The van der Waals surface area contributed by atoms with Gasteiger partial charge in [0.1, 0.15) is 5.69 Å². The van der Waals surface area contributed by atoms with Crippen LogP contribution in [0.1, 0.15) is 19.4 Å². The Balaban J connectivity index is 2.11. The number of anilines is 1. The van der Waals surface area contributed by atoms with Gasteiger partial charge in [-0.05, 0) is 37.1 Å². The summed E-state index contributed by atoms with van der Waals surface area (Å²) in [7, 11) is 0. The second-order valence-electron chi connectivity index (χ2n) is 5.87. The molecule has 0 spiro atoms. The van der Waals surface area contributed by atoms with E-state index in [9.17, 15) is 15.6 Å². The van der Waals surface area contributed by atoms with Crippen molar-refractivity contribution in [2.75, 3.05) is 5.43 Å². The van der Waals surface area contributed by atoms with Crippen LogP contribution in [0, 0.1) is 10.4 Å². The molecule has 2 unspecified atom stereocenters. The first-order valence-corrected chi connectivity index (χ1v) is 8.19. The molecule has 0 amide bonds. The number of benzene rings is 2. The molecule has 0 bridgehead atoms. The van der Waals surface area contributed by atoms with Gasteiger partial charge in [0.05, 0.1) is 11.8 Å². The van der Waals surface area contributed by atoms with E-state index < -0.39 is 10.5 Å².